The van der Waals surface area contributed by atoms with Crippen molar-refractivity contribution < 1.29 is 0 Å². The fourth-order valence-electron chi connectivity index (χ4n) is 5.15. The van der Waals surface area contributed by atoms with Crippen molar-refractivity contribution in [1.82, 2.24) is 60.0 Å². The number of nitrogens with zero attached hydrogens (tertiary/aromatic N) is 12. The molecule has 0 saturated carbocycles. The quantitative estimate of drug-likeness (QED) is 0.116. The van der Waals surface area contributed by atoms with Gasteiger partial charge in [-0.2, -0.15) is 19.8 Å². The highest BCUT2D eigenvalue weighted by Crippen LogP contribution is 2.46. The van der Waals surface area contributed by atoms with Gasteiger partial charge in [-0.05, 0) is 124 Å². The molecule has 12 nitrogen and oxygen atoms in total. The van der Waals surface area contributed by atoms with Gasteiger partial charge in [0.1, 0.15) is 10.1 Å². The van der Waals surface area contributed by atoms with Crippen LogP contribution < -0.4 is 0 Å². The molecule has 0 saturated heterocycles. The van der Waals surface area contributed by atoms with Crippen LogP contribution in [0.4, 0.5) is 0 Å². The maximum absolute atomic E-state index is 4.81. The normalized spacial score (nSPS) is 11.4. The molecule has 0 aliphatic heterocycles. The summed E-state index contributed by atoms with van der Waals surface area (Å²) in [5.41, 5.74) is 5.27. The van der Waals surface area contributed by atoms with E-state index in [9.17, 15) is 0 Å². The van der Waals surface area contributed by atoms with Gasteiger partial charge in [-0.3, -0.25) is 0 Å². The van der Waals surface area contributed by atoms with Crippen LogP contribution >= 0.6 is 85.3 Å². The predicted molar refractivity (Wildman–Crippen MR) is 214 cm³/mol. The van der Waals surface area contributed by atoms with Crippen LogP contribution in [0.5, 0.6) is 0 Å². The van der Waals surface area contributed by atoms with Gasteiger partial charge in [0.25, 0.3) is 0 Å². The summed E-state index contributed by atoms with van der Waals surface area (Å²) in [5.74, 6) is 0.909. The molecular formula is C34H22Br4N12S2. The van der Waals surface area contributed by atoms with Gasteiger partial charge in [-0.1, -0.05) is 80.4 Å². The predicted octanol–water partition coefficient (Wildman–Crippen LogP) is 9.31. The lowest BCUT2D eigenvalue weighted by molar-refractivity contribution is 0.572. The molecule has 8 rings (SSSR count). The molecule has 18 heteroatoms. The van der Waals surface area contributed by atoms with Crippen LogP contribution in [0, 0.1) is 0 Å². The van der Waals surface area contributed by atoms with Crippen molar-refractivity contribution >= 4 is 85.3 Å². The van der Waals surface area contributed by atoms with E-state index in [2.05, 4.69) is 84.3 Å². The van der Waals surface area contributed by atoms with Gasteiger partial charge >= 0.3 is 0 Å². The van der Waals surface area contributed by atoms with Crippen LogP contribution in [0.3, 0.4) is 0 Å². The maximum atomic E-state index is 4.81. The van der Waals surface area contributed by atoms with Gasteiger partial charge < -0.3 is 0 Å². The Kier molecular flexibility index (Phi) is 10.5. The summed E-state index contributed by atoms with van der Waals surface area (Å²) in [6.07, 6.45) is 3.54. The van der Waals surface area contributed by atoms with E-state index in [4.69, 9.17) is 20.4 Å². The standard InChI is InChI=1S/C34H22Br4N12S2/c35-23-13-9-21(10-14-23)19-47-43-31(41-45-47)25-17-39-49(29-7-3-1-5-27(29)37)33(25)51-52-34-26(18-40-50(34)30-8-4-2-6-28(30)38)32-42-46-48(44-32)20-22-11-15-24(36)16-12-22/h1-18H,19-20H2. The minimum atomic E-state index is 0.454. The van der Waals surface area contributed by atoms with E-state index in [1.165, 1.54) is 21.6 Å². The number of hydrogen-bond acceptors (Lipinski definition) is 10. The zero-order valence-electron chi connectivity index (χ0n) is 26.5. The molecule has 0 aliphatic carbocycles. The number of tetrazole rings is 2. The minimum absolute atomic E-state index is 0.454. The van der Waals surface area contributed by atoms with Crippen molar-refractivity contribution in [2.45, 2.75) is 23.1 Å². The average molecular weight is 982 g/mol. The molecule has 0 spiro atoms. The van der Waals surface area contributed by atoms with Crippen LogP contribution in [-0.2, 0) is 13.1 Å². The molecule has 0 N–H and O–H groups in total. The Hall–Kier alpha value is -3.94. The SMILES string of the molecule is Brc1ccc(Cn2nnc(-c3cnn(-c4ccccc4Br)c3SSc3c(-c4nnn(Cc5ccc(Br)cc5)n4)cnn3-c3ccccc3Br)n2)cc1. The molecular weight excluding hydrogens is 960 g/mol. The molecule has 0 radical (unpaired) electrons. The van der Waals surface area contributed by atoms with Crippen LogP contribution in [0.1, 0.15) is 11.1 Å². The van der Waals surface area contributed by atoms with Crippen LogP contribution in [0.2, 0.25) is 0 Å². The first-order chi connectivity index (χ1) is 25.4. The number of rotatable bonds is 11. The highest BCUT2D eigenvalue weighted by atomic mass is 79.9. The molecule has 52 heavy (non-hydrogen) atoms. The van der Waals surface area contributed by atoms with Crippen molar-refractivity contribution in [1.29, 1.82) is 0 Å². The maximum Gasteiger partial charge on any atom is 0.209 e. The molecule has 0 unspecified atom stereocenters. The van der Waals surface area contributed by atoms with Gasteiger partial charge in [0.05, 0.1) is 48.0 Å². The van der Waals surface area contributed by atoms with Gasteiger partial charge in [-0.15, -0.1) is 20.4 Å². The first-order valence-corrected chi connectivity index (χ1v) is 20.8. The molecule has 0 aliphatic rings. The Morgan fingerprint density at radius 3 is 1.31 bits per heavy atom. The van der Waals surface area contributed by atoms with Crippen LogP contribution in [0.25, 0.3) is 34.2 Å². The lowest BCUT2D eigenvalue weighted by Crippen LogP contribution is -2.04. The van der Waals surface area contributed by atoms with E-state index in [0.29, 0.717) is 24.7 Å². The molecule has 8 aromatic rings. The van der Waals surface area contributed by atoms with Crippen molar-refractivity contribution in [3.8, 4) is 34.2 Å². The third kappa shape index (κ3) is 7.58. The summed E-state index contributed by atoms with van der Waals surface area (Å²) in [4.78, 5) is 3.17. The first-order valence-electron chi connectivity index (χ1n) is 15.5. The highest BCUT2D eigenvalue weighted by Gasteiger charge is 2.25. The fraction of sp³-hybridized carbons (Fsp3) is 0.0588. The van der Waals surface area contributed by atoms with Gasteiger partial charge in [-0.25, -0.2) is 9.36 Å². The lowest BCUT2D eigenvalue weighted by Gasteiger charge is -2.12. The minimum Gasteiger partial charge on any atom is -0.224 e. The Balaban J connectivity index is 1.17. The summed E-state index contributed by atoms with van der Waals surface area (Å²) < 4.78 is 7.53. The molecule has 258 valence electrons. The first kappa shape index (κ1) is 35.1. The van der Waals surface area contributed by atoms with Crippen molar-refractivity contribution in [2.24, 2.45) is 0 Å². The molecule has 4 heterocycles. The number of aromatic nitrogens is 12. The monoisotopic (exact) mass is 978 g/mol. The Morgan fingerprint density at radius 2 is 0.904 bits per heavy atom. The molecule has 0 amide bonds. The molecule has 4 aromatic carbocycles. The summed E-state index contributed by atoms with van der Waals surface area (Å²) >= 11 is 14.4. The van der Waals surface area contributed by atoms with Crippen LogP contribution in [0.15, 0.2) is 137 Å². The van der Waals surface area contributed by atoms with E-state index >= 15 is 0 Å². The third-order valence-corrected chi connectivity index (χ3v) is 12.5. The Morgan fingerprint density at radius 1 is 0.500 bits per heavy atom. The second kappa shape index (κ2) is 15.6. The second-order valence-corrected chi connectivity index (χ2v) is 16.8. The van der Waals surface area contributed by atoms with Gasteiger partial charge in [0.15, 0.2) is 0 Å². The van der Waals surface area contributed by atoms with E-state index in [-0.39, 0.29) is 0 Å². The van der Waals surface area contributed by atoms with Crippen molar-refractivity contribution in [3.63, 3.8) is 0 Å². The number of hydrogen-bond donors (Lipinski definition) is 0. The average Bonchev–Trinajstić information content (AvgIpc) is 3.97. The largest absolute Gasteiger partial charge is 0.224 e. The summed E-state index contributed by atoms with van der Waals surface area (Å²) in [6, 6.07) is 31.9. The zero-order chi connectivity index (χ0) is 35.6. The van der Waals surface area contributed by atoms with E-state index in [1.54, 1.807) is 22.0 Å². The van der Waals surface area contributed by atoms with E-state index in [1.807, 2.05) is 106 Å². The summed E-state index contributed by atoms with van der Waals surface area (Å²) in [5, 5.41) is 38.3. The highest BCUT2D eigenvalue weighted by molar-refractivity contribution is 9.11. The van der Waals surface area contributed by atoms with E-state index < -0.39 is 0 Å². The third-order valence-electron chi connectivity index (χ3n) is 7.67. The Labute approximate surface area is 338 Å². The molecule has 0 fully saturated rings. The number of para-hydroxylation sites is 2. The second-order valence-electron chi connectivity index (χ2n) is 11.2. The smallest absolute Gasteiger partial charge is 0.209 e. The van der Waals surface area contributed by atoms with Crippen LogP contribution in [-0.4, -0.2) is 60.0 Å². The lowest BCUT2D eigenvalue weighted by atomic mass is 10.2. The zero-order valence-corrected chi connectivity index (χ0v) is 34.5. The summed E-state index contributed by atoms with van der Waals surface area (Å²) in [7, 11) is 2.99. The molecule has 4 aromatic heterocycles. The van der Waals surface area contributed by atoms with Gasteiger partial charge in [0.2, 0.25) is 11.6 Å². The summed E-state index contributed by atoms with van der Waals surface area (Å²) in [6.45, 7) is 0.944. The fourth-order valence-corrected chi connectivity index (χ4v) is 9.08. The van der Waals surface area contributed by atoms with E-state index in [0.717, 1.165) is 61.6 Å². The van der Waals surface area contributed by atoms with Crippen molar-refractivity contribution in [2.75, 3.05) is 0 Å². The number of halogens is 4. The van der Waals surface area contributed by atoms with Crippen molar-refractivity contribution in [3.05, 3.63) is 138 Å². The number of benzene rings is 4. The molecule has 0 atom stereocenters. The Bertz CT molecular complexity index is 2320. The molecule has 0 bridgehead atoms. The topological polar surface area (TPSA) is 123 Å². The van der Waals surface area contributed by atoms with Gasteiger partial charge in [0, 0.05) is 17.9 Å².